The molecular weight excluding hydrogens is 262 g/mol. The number of rotatable bonds is 4. The van der Waals surface area contributed by atoms with Crippen LogP contribution in [0, 0.1) is 5.41 Å². The molecule has 1 unspecified atom stereocenters. The van der Waals surface area contributed by atoms with Crippen molar-refractivity contribution >= 4 is 11.9 Å². The summed E-state index contributed by atoms with van der Waals surface area (Å²) in [7, 11) is 0. The predicted octanol–water partition coefficient (Wildman–Crippen LogP) is 0.943. The monoisotopic (exact) mass is 285 g/mol. The molecule has 2 rings (SSSR count). The number of carbonyl (C=O) groups excluding carboxylic acids is 1. The van der Waals surface area contributed by atoms with E-state index in [9.17, 15) is 14.7 Å². The second-order valence-electron chi connectivity index (χ2n) is 5.65. The zero-order valence-electron chi connectivity index (χ0n) is 11.7. The summed E-state index contributed by atoms with van der Waals surface area (Å²) < 4.78 is 10.5. The molecule has 0 spiro atoms. The highest BCUT2D eigenvalue weighted by molar-refractivity contribution is 5.82. The van der Waals surface area contributed by atoms with Crippen molar-refractivity contribution in [3.8, 4) is 0 Å². The second kappa shape index (κ2) is 7.04. The third-order valence-corrected chi connectivity index (χ3v) is 4.22. The van der Waals surface area contributed by atoms with Crippen LogP contribution in [0.2, 0.25) is 0 Å². The first-order valence-corrected chi connectivity index (χ1v) is 7.34. The maximum atomic E-state index is 12.0. The van der Waals surface area contributed by atoms with Crippen LogP contribution in [-0.4, -0.2) is 49.5 Å². The van der Waals surface area contributed by atoms with Crippen molar-refractivity contribution in [3.05, 3.63) is 0 Å². The quantitative estimate of drug-likeness (QED) is 0.751. The van der Waals surface area contributed by atoms with E-state index < -0.39 is 17.5 Å². The number of amides is 1. The Morgan fingerprint density at radius 2 is 1.85 bits per heavy atom. The number of hydrogen-bond donors (Lipinski definition) is 2. The zero-order chi connectivity index (χ0) is 14.4. The molecule has 20 heavy (non-hydrogen) atoms. The molecule has 2 N–H and O–H groups in total. The number of carboxylic acid groups (broad SMARTS) is 1. The molecule has 1 heterocycles. The van der Waals surface area contributed by atoms with Gasteiger partial charge >= 0.3 is 5.97 Å². The molecular formula is C14H23NO5. The van der Waals surface area contributed by atoms with E-state index in [1.54, 1.807) is 0 Å². The van der Waals surface area contributed by atoms with Crippen molar-refractivity contribution in [1.82, 2.24) is 5.32 Å². The van der Waals surface area contributed by atoms with Crippen LogP contribution in [0.4, 0.5) is 0 Å². The molecule has 0 aromatic rings. The van der Waals surface area contributed by atoms with Gasteiger partial charge in [0.25, 0.3) is 5.91 Å². The van der Waals surface area contributed by atoms with Gasteiger partial charge in [-0.2, -0.15) is 0 Å². The van der Waals surface area contributed by atoms with Gasteiger partial charge in [-0.15, -0.1) is 0 Å². The van der Waals surface area contributed by atoms with E-state index >= 15 is 0 Å². The van der Waals surface area contributed by atoms with Crippen LogP contribution < -0.4 is 5.32 Å². The predicted molar refractivity (Wildman–Crippen MR) is 71.3 cm³/mol. The first-order valence-electron chi connectivity index (χ1n) is 7.34. The first-order chi connectivity index (χ1) is 9.64. The van der Waals surface area contributed by atoms with Gasteiger partial charge in [-0.25, -0.2) is 0 Å². The second-order valence-corrected chi connectivity index (χ2v) is 5.65. The molecule has 2 aliphatic rings. The van der Waals surface area contributed by atoms with Crippen LogP contribution in [0.5, 0.6) is 0 Å². The van der Waals surface area contributed by atoms with Crippen molar-refractivity contribution in [3.63, 3.8) is 0 Å². The Morgan fingerprint density at radius 1 is 1.15 bits per heavy atom. The number of hydrogen-bond acceptors (Lipinski definition) is 4. The zero-order valence-corrected chi connectivity index (χ0v) is 11.7. The van der Waals surface area contributed by atoms with E-state index in [4.69, 9.17) is 9.47 Å². The summed E-state index contributed by atoms with van der Waals surface area (Å²) in [4.78, 5) is 23.6. The highest BCUT2D eigenvalue weighted by Gasteiger charge is 2.39. The Morgan fingerprint density at radius 3 is 2.40 bits per heavy atom. The molecule has 2 fully saturated rings. The van der Waals surface area contributed by atoms with Gasteiger partial charge in [0.1, 0.15) is 0 Å². The summed E-state index contributed by atoms with van der Waals surface area (Å²) in [5.74, 6) is -1.07. The fourth-order valence-electron chi connectivity index (χ4n) is 2.88. The molecule has 0 aromatic heterocycles. The van der Waals surface area contributed by atoms with E-state index in [0.29, 0.717) is 26.1 Å². The minimum absolute atomic E-state index is 0.182. The number of nitrogens with one attached hydrogen (secondary N) is 1. The smallest absolute Gasteiger partial charge is 0.311 e. The maximum Gasteiger partial charge on any atom is 0.311 e. The minimum Gasteiger partial charge on any atom is -0.481 e. The maximum absolute atomic E-state index is 12.0. The summed E-state index contributed by atoms with van der Waals surface area (Å²) in [6.45, 7) is 1.33. The molecule has 1 saturated carbocycles. The van der Waals surface area contributed by atoms with Crippen molar-refractivity contribution in [2.75, 3.05) is 26.4 Å². The van der Waals surface area contributed by atoms with E-state index in [1.165, 1.54) is 0 Å². The summed E-state index contributed by atoms with van der Waals surface area (Å²) in [5, 5.41) is 12.3. The fraction of sp³-hybridized carbons (Fsp3) is 0.857. The lowest BCUT2D eigenvalue weighted by atomic mass is 9.80. The standard InChI is InChI=1S/C14H23NO5/c16-12(11-9-19-7-8-20-11)15-10-14(13(17)18)5-3-1-2-4-6-14/h11H,1-10H2,(H,15,16)(H,17,18). The Hall–Kier alpha value is -1.14. The van der Waals surface area contributed by atoms with Crippen molar-refractivity contribution < 1.29 is 24.2 Å². The number of ether oxygens (including phenoxy) is 2. The largest absolute Gasteiger partial charge is 0.481 e. The molecule has 0 aromatic carbocycles. The SMILES string of the molecule is O=C(NCC1(C(=O)O)CCCCCC1)C1COCCO1. The normalized spacial score (nSPS) is 26.5. The van der Waals surface area contributed by atoms with Crippen molar-refractivity contribution in [1.29, 1.82) is 0 Å². The van der Waals surface area contributed by atoms with Crippen LogP contribution in [-0.2, 0) is 19.1 Å². The molecule has 6 heteroatoms. The average molecular weight is 285 g/mol. The fourth-order valence-corrected chi connectivity index (χ4v) is 2.88. The van der Waals surface area contributed by atoms with Crippen LogP contribution in [0.3, 0.4) is 0 Å². The molecule has 0 radical (unpaired) electrons. The van der Waals surface area contributed by atoms with Gasteiger partial charge < -0.3 is 19.9 Å². The third kappa shape index (κ3) is 3.70. The average Bonchev–Trinajstić information content (AvgIpc) is 2.72. The Kier molecular flexibility index (Phi) is 5.37. The van der Waals surface area contributed by atoms with Crippen LogP contribution in [0.25, 0.3) is 0 Å². The van der Waals surface area contributed by atoms with E-state index in [0.717, 1.165) is 25.7 Å². The Labute approximate surface area is 118 Å². The highest BCUT2D eigenvalue weighted by Crippen LogP contribution is 2.34. The molecule has 1 atom stereocenters. The summed E-state index contributed by atoms with van der Waals surface area (Å²) in [5.41, 5.74) is -0.818. The van der Waals surface area contributed by atoms with Crippen molar-refractivity contribution in [2.45, 2.75) is 44.6 Å². The summed E-state index contributed by atoms with van der Waals surface area (Å²) in [6, 6.07) is 0. The van der Waals surface area contributed by atoms with Crippen LogP contribution in [0.15, 0.2) is 0 Å². The van der Waals surface area contributed by atoms with Crippen LogP contribution in [0.1, 0.15) is 38.5 Å². The summed E-state index contributed by atoms with van der Waals surface area (Å²) >= 11 is 0. The minimum atomic E-state index is -0.818. The third-order valence-electron chi connectivity index (χ3n) is 4.22. The summed E-state index contributed by atoms with van der Waals surface area (Å²) in [6.07, 6.45) is 4.61. The van der Waals surface area contributed by atoms with Gasteiger partial charge in [0.2, 0.25) is 0 Å². The van der Waals surface area contributed by atoms with Gasteiger partial charge in [0.05, 0.1) is 25.2 Å². The van der Waals surface area contributed by atoms with Crippen molar-refractivity contribution in [2.24, 2.45) is 5.41 Å². The highest BCUT2D eigenvalue weighted by atomic mass is 16.6. The molecule has 114 valence electrons. The molecule has 6 nitrogen and oxygen atoms in total. The molecule has 1 amide bonds. The Balaban J connectivity index is 1.91. The van der Waals surface area contributed by atoms with Gasteiger partial charge in [0, 0.05) is 6.54 Å². The lowest BCUT2D eigenvalue weighted by Crippen LogP contribution is -2.48. The lowest BCUT2D eigenvalue weighted by Gasteiger charge is -2.29. The number of carbonyl (C=O) groups is 2. The van der Waals surface area contributed by atoms with Gasteiger partial charge in [-0.05, 0) is 12.8 Å². The molecule has 0 bridgehead atoms. The lowest BCUT2D eigenvalue weighted by molar-refractivity contribution is -0.152. The van der Waals surface area contributed by atoms with E-state index in [1.807, 2.05) is 0 Å². The number of carboxylic acids is 1. The van der Waals surface area contributed by atoms with Gasteiger partial charge in [-0.3, -0.25) is 9.59 Å². The molecule has 1 saturated heterocycles. The molecule has 1 aliphatic carbocycles. The van der Waals surface area contributed by atoms with Gasteiger partial charge in [0.15, 0.2) is 6.10 Å². The first kappa shape index (κ1) is 15.3. The Bertz CT molecular complexity index is 343. The number of aliphatic carboxylic acids is 1. The van der Waals surface area contributed by atoms with E-state index in [2.05, 4.69) is 5.32 Å². The van der Waals surface area contributed by atoms with E-state index in [-0.39, 0.29) is 19.1 Å². The topological polar surface area (TPSA) is 84.9 Å². The van der Waals surface area contributed by atoms with Gasteiger partial charge in [-0.1, -0.05) is 25.7 Å². The van der Waals surface area contributed by atoms with Crippen LogP contribution >= 0.6 is 0 Å². The molecule has 1 aliphatic heterocycles.